The van der Waals surface area contributed by atoms with E-state index in [4.69, 9.17) is 4.74 Å². The van der Waals surface area contributed by atoms with Gasteiger partial charge >= 0.3 is 0 Å². The van der Waals surface area contributed by atoms with E-state index in [0.717, 1.165) is 38.3 Å². The number of fused-ring (bicyclic) bond motifs is 1. The number of hydrogen-bond acceptors (Lipinski definition) is 3. The van der Waals surface area contributed by atoms with E-state index in [2.05, 4.69) is 47.4 Å². The molecule has 4 nitrogen and oxygen atoms in total. The predicted molar refractivity (Wildman–Crippen MR) is 112 cm³/mol. The molecule has 1 heterocycles. The molecule has 0 aliphatic carbocycles. The van der Waals surface area contributed by atoms with Gasteiger partial charge in [-0.2, -0.15) is 0 Å². The lowest BCUT2D eigenvalue weighted by Gasteiger charge is -2.35. The zero-order valence-electron chi connectivity index (χ0n) is 16.1. The van der Waals surface area contributed by atoms with Gasteiger partial charge < -0.3 is 9.64 Å². The average Bonchev–Trinajstić information content (AvgIpc) is 2.75. The van der Waals surface area contributed by atoms with Gasteiger partial charge in [0, 0.05) is 32.7 Å². The lowest BCUT2D eigenvalue weighted by atomic mass is 10.0. The number of hydrogen-bond donors (Lipinski definition) is 0. The van der Waals surface area contributed by atoms with Crippen molar-refractivity contribution in [1.82, 2.24) is 9.80 Å². The van der Waals surface area contributed by atoms with Gasteiger partial charge in [-0.3, -0.25) is 9.69 Å². The fourth-order valence-electron chi connectivity index (χ4n) is 3.75. The standard InChI is InChI=1S/C24H26N2O2/c27-24(19-28-18-20-7-2-1-3-8-20)26-15-13-25(14-16-26)17-22-11-6-10-21-9-4-5-12-23(21)22/h1-12H,13-19H2. The van der Waals surface area contributed by atoms with Crippen LogP contribution in [0.3, 0.4) is 0 Å². The highest BCUT2D eigenvalue weighted by Crippen LogP contribution is 2.20. The number of carbonyl (C=O) groups excluding carboxylic acids is 1. The second-order valence-electron chi connectivity index (χ2n) is 7.27. The van der Waals surface area contributed by atoms with Crippen LogP contribution < -0.4 is 0 Å². The first kappa shape index (κ1) is 18.7. The second-order valence-corrected chi connectivity index (χ2v) is 7.27. The van der Waals surface area contributed by atoms with Gasteiger partial charge in [0.2, 0.25) is 5.91 Å². The molecule has 3 aromatic carbocycles. The first-order valence-electron chi connectivity index (χ1n) is 9.88. The third kappa shape index (κ3) is 4.58. The molecule has 1 fully saturated rings. The fraction of sp³-hybridized carbons (Fsp3) is 0.292. The van der Waals surface area contributed by atoms with E-state index >= 15 is 0 Å². The summed E-state index contributed by atoms with van der Waals surface area (Å²) >= 11 is 0. The van der Waals surface area contributed by atoms with Crippen LogP contribution in [0.2, 0.25) is 0 Å². The fourth-order valence-corrected chi connectivity index (χ4v) is 3.75. The largest absolute Gasteiger partial charge is 0.367 e. The number of carbonyl (C=O) groups is 1. The predicted octanol–water partition coefficient (Wildman–Crippen LogP) is 3.70. The monoisotopic (exact) mass is 374 g/mol. The highest BCUT2D eigenvalue weighted by molar-refractivity contribution is 5.85. The van der Waals surface area contributed by atoms with Gasteiger partial charge in [0.25, 0.3) is 0 Å². The molecule has 0 saturated carbocycles. The third-order valence-electron chi connectivity index (χ3n) is 5.34. The van der Waals surface area contributed by atoms with Crippen molar-refractivity contribution in [3.05, 3.63) is 83.9 Å². The van der Waals surface area contributed by atoms with E-state index in [1.807, 2.05) is 35.2 Å². The van der Waals surface area contributed by atoms with Gasteiger partial charge in [0.15, 0.2) is 0 Å². The van der Waals surface area contributed by atoms with E-state index in [9.17, 15) is 4.79 Å². The van der Waals surface area contributed by atoms with Crippen molar-refractivity contribution >= 4 is 16.7 Å². The Morgan fingerprint density at radius 1 is 0.821 bits per heavy atom. The smallest absolute Gasteiger partial charge is 0.248 e. The minimum absolute atomic E-state index is 0.0840. The summed E-state index contributed by atoms with van der Waals surface area (Å²) in [5.74, 6) is 0.0840. The number of nitrogens with zero attached hydrogens (tertiary/aromatic N) is 2. The summed E-state index contributed by atoms with van der Waals surface area (Å²) in [5.41, 5.74) is 2.44. The summed E-state index contributed by atoms with van der Waals surface area (Å²) in [7, 11) is 0. The molecule has 1 aliphatic heterocycles. The van der Waals surface area contributed by atoms with Crippen molar-refractivity contribution < 1.29 is 9.53 Å². The van der Waals surface area contributed by atoms with Crippen LogP contribution in [0.5, 0.6) is 0 Å². The molecule has 28 heavy (non-hydrogen) atoms. The number of benzene rings is 3. The molecule has 4 rings (SSSR count). The Bertz CT molecular complexity index is 913. The molecule has 144 valence electrons. The Kier molecular flexibility index (Phi) is 6.00. The van der Waals surface area contributed by atoms with Crippen LogP contribution in [0.25, 0.3) is 10.8 Å². The molecule has 0 bridgehead atoms. The third-order valence-corrected chi connectivity index (χ3v) is 5.34. The van der Waals surface area contributed by atoms with Crippen LogP contribution in [-0.4, -0.2) is 48.5 Å². The maximum atomic E-state index is 12.4. The summed E-state index contributed by atoms with van der Waals surface area (Å²) in [4.78, 5) is 16.8. The maximum Gasteiger partial charge on any atom is 0.248 e. The van der Waals surface area contributed by atoms with Crippen molar-refractivity contribution in [3.8, 4) is 0 Å². The van der Waals surface area contributed by atoms with Gasteiger partial charge in [-0.05, 0) is 21.9 Å². The molecule has 0 unspecified atom stereocenters. The van der Waals surface area contributed by atoms with Crippen LogP contribution in [0, 0.1) is 0 Å². The normalized spacial score (nSPS) is 15.1. The molecular formula is C24H26N2O2. The molecule has 4 heteroatoms. The van der Waals surface area contributed by atoms with E-state index in [-0.39, 0.29) is 12.5 Å². The summed E-state index contributed by atoms with van der Waals surface area (Å²) in [5, 5.41) is 2.60. The van der Waals surface area contributed by atoms with Gasteiger partial charge in [0.05, 0.1) is 6.61 Å². The lowest BCUT2D eigenvalue weighted by molar-refractivity contribution is -0.138. The summed E-state index contributed by atoms with van der Waals surface area (Å²) in [6.07, 6.45) is 0. The molecular weight excluding hydrogens is 348 g/mol. The molecule has 1 saturated heterocycles. The molecule has 3 aromatic rings. The van der Waals surface area contributed by atoms with Crippen molar-refractivity contribution in [2.45, 2.75) is 13.2 Å². The zero-order valence-corrected chi connectivity index (χ0v) is 16.1. The Balaban J connectivity index is 1.25. The Labute approximate surface area is 166 Å². The Morgan fingerprint density at radius 3 is 2.36 bits per heavy atom. The molecule has 1 aliphatic rings. The van der Waals surface area contributed by atoms with E-state index in [1.54, 1.807) is 0 Å². The molecule has 0 N–H and O–H groups in total. The summed E-state index contributed by atoms with van der Waals surface area (Å²) in [6.45, 7) is 4.87. The highest BCUT2D eigenvalue weighted by Gasteiger charge is 2.21. The van der Waals surface area contributed by atoms with Crippen LogP contribution >= 0.6 is 0 Å². The van der Waals surface area contributed by atoms with Crippen LogP contribution in [0.15, 0.2) is 72.8 Å². The van der Waals surface area contributed by atoms with Crippen molar-refractivity contribution in [2.24, 2.45) is 0 Å². The summed E-state index contributed by atoms with van der Waals surface area (Å²) < 4.78 is 5.60. The second kappa shape index (κ2) is 9.00. The average molecular weight is 374 g/mol. The minimum atomic E-state index is 0.0840. The van der Waals surface area contributed by atoms with Crippen molar-refractivity contribution in [1.29, 1.82) is 0 Å². The number of ether oxygens (including phenoxy) is 1. The van der Waals surface area contributed by atoms with Gasteiger partial charge in [-0.25, -0.2) is 0 Å². The van der Waals surface area contributed by atoms with Crippen LogP contribution in [-0.2, 0) is 22.7 Å². The van der Waals surface area contributed by atoms with E-state index in [0.29, 0.717) is 6.61 Å². The molecule has 1 amide bonds. The Hall–Kier alpha value is -2.69. The van der Waals surface area contributed by atoms with Gasteiger partial charge in [0.1, 0.15) is 6.61 Å². The number of piperazine rings is 1. The van der Waals surface area contributed by atoms with Crippen molar-refractivity contribution in [3.63, 3.8) is 0 Å². The van der Waals surface area contributed by atoms with Crippen LogP contribution in [0.1, 0.15) is 11.1 Å². The topological polar surface area (TPSA) is 32.8 Å². The molecule has 0 atom stereocenters. The summed E-state index contributed by atoms with van der Waals surface area (Å²) in [6, 6.07) is 25.0. The first-order valence-corrected chi connectivity index (χ1v) is 9.88. The SMILES string of the molecule is O=C(COCc1ccccc1)N1CCN(Cc2cccc3ccccc23)CC1. The molecule has 0 spiro atoms. The Morgan fingerprint density at radius 2 is 1.54 bits per heavy atom. The lowest BCUT2D eigenvalue weighted by Crippen LogP contribution is -2.49. The van der Waals surface area contributed by atoms with Crippen molar-refractivity contribution in [2.75, 3.05) is 32.8 Å². The number of rotatable bonds is 6. The first-order chi connectivity index (χ1) is 13.8. The number of amides is 1. The molecule has 0 aromatic heterocycles. The quantitative estimate of drug-likeness (QED) is 0.660. The van der Waals surface area contributed by atoms with Crippen LogP contribution in [0.4, 0.5) is 0 Å². The van der Waals surface area contributed by atoms with Gasteiger partial charge in [-0.1, -0.05) is 72.8 Å². The zero-order chi connectivity index (χ0) is 19.2. The minimum Gasteiger partial charge on any atom is -0.367 e. The van der Waals surface area contributed by atoms with Gasteiger partial charge in [-0.15, -0.1) is 0 Å². The molecule has 0 radical (unpaired) electrons. The maximum absolute atomic E-state index is 12.4. The highest BCUT2D eigenvalue weighted by atomic mass is 16.5. The van der Waals surface area contributed by atoms with E-state index in [1.165, 1.54) is 16.3 Å². The van der Waals surface area contributed by atoms with E-state index < -0.39 is 0 Å².